The van der Waals surface area contributed by atoms with Crippen LogP contribution in [-0.4, -0.2) is 22.9 Å². The molecule has 2 aromatic carbocycles. The quantitative estimate of drug-likeness (QED) is 0.568. The molecule has 0 bridgehead atoms. The van der Waals surface area contributed by atoms with Crippen LogP contribution in [0.25, 0.3) is 5.57 Å². The number of alkyl halides is 3. The summed E-state index contributed by atoms with van der Waals surface area (Å²) in [6.45, 7) is 1.24. The number of anilines is 1. The minimum atomic E-state index is -4.53. The van der Waals surface area contributed by atoms with Gasteiger partial charge in [0.1, 0.15) is 0 Å². The lowest BCUT2D eigenvalue weighted by atomic mass is 10.1. The molecule has 31 heavy (non-hydrogen) atoms. The highest BCUT2D eigenvalue weighted by molar-refractivity contribution is 9.10. The molecule has 3 amide bonds. The van der Waals surface area contributed by atoms with Crippen LogP contribution in [0.2, 0.25) is 0 Å². The van der Waals surface area contributed by atoms with E-state index in [1.165, 1.54) is 19.1 Å². The molecule has 4 rings (SSSR count). The van der Waals surface area contributed by atoms with E-state index >= 15 is 0 Å². The molecule has 2 aromatic rings. The number of halogens is 4. The van der Waals surface area contributed by atoms with Gasteiger partial charge in [0.05, 0.1) is 27.4 Å². The van der Waals surface area contributed by atoms with Gasteiger partial charge in [0.25, 0.3) is 11.8 Å². The summed E-state index contributed by atoms with van der Waals surface area (Å²) in [7, 11) is 0. The lowest BCUT2D eigenvalue weighted by Gasteiger charge is -2.11. The van der Waals surface area contributed by atoms with Crippen LogP contribution in [0.3, 0.4) is 0 Å². The van der Waals surface area contributed by atoms with E-state index in [1.807, 2.05) is 0 Å². The van der Waals surface area contributed by atoms with Gasteiger partial charge in [-0.2, -0.15) is 13.2 Å². The summed E-state index contributed by atoms with van der Waals surface area (Å²) in [5.41, 5.74) is -0.102. The molecule has 11 heteroatoms. The topological polar surface area (TPSA) is 78.8 Å². The molecular formula is C20H11BrF3N3O3S. The standard InChI is InChI=1S/C20H11BrF3N3O3S/c1-9(28)27-14-6-5-11(21)8-13(14)15(18(27)30)16-17(29)26-19(31-16)25-12-4-2-3-10(7-12)20(22,23)24/h2-8H,1H3,(H,25,26,29). The number of benzene rings is 2. The van der Waals surface area contributed by atoms with Gasteiger partial charge in [-0.1, -0.05) is 22.0 Å². The van der Waals surface area contributed by atoms with Crippen LogP contribution >= 0.6 is 27.7 Å². The Kier molecular flexibility index (Phi) is 5.26. The van der Waals surface area contributed by atoms with E-state index in [2.05, 4.69) is 26.2 Å². The van der Waals surface area contributed by atoms with Gasteiger partial charge < -0.3 is 5.32 Å². The number of carbonyl (C=O) groups is 3. The van der Waals surface area contributed by atoms with Crippen molar-refractivity contribution in [3.63, 3.8) is 0 Å². The maximum absolute atomic E-state index is 12.9. The van der Waals surface area contributed by atoms with Crippen molar-refractivity contribution in [1.29, 1.82) is 0 Å². The fraction of sp³-hybridized carbons (Fsp3) is 0.100. The first kappa shape index (κ1) is 21.3. The molecule has 2 heterocycles. The molecule has 1 saturated heterocycles. The molecule has 158 valence electrons. The number of thioether (sulfide) groups is 1. The number of fused-ring (bicyclic) bond motifs is 1. The minimum absolute atomic E-state index is 0.00451. The van der Waals surface area contributed by atoms with Crippen LogP contribution < -0.4 is 10.2 Å². The smallest absolute Gasteiger partial charge is 0.300 e. The van der Waals surface area contributed by atoms with Crippen LogP contribution in [0, 0.1) is 0 Å². The van der Waals surface area contributed by atoms with Gasteiger partial charge >= 0.3 is 6.18 Å². The molecule has 1 fully saturated rings. The minimum Gasteiger partial charge on any atom is -0.300 e. The van der Waals surface area contributed by atoms with Crippen LogP contribution in [0.5, 0.6) is 0 Å². The van der Waals surface area contributed by atoms with Crippen LogP contribution in [-0.2, 0) is 20.6 Å². The van der Waals surface area contributed by atoms with Gasteiger partial charge in [0.15, 0.2) is 5.17 Å². The third-order valence-electron chi connectivity index (χ3n) is 4.46. The predicted molar refractivity (Wildman–Crippen MR) is 114 cm³/mol. The van der Waals surface area contributed by atoms with Crippen LogP contribution in [0.4, 0.5) is 24.5 Å². The zero-order chi connectivity index (χ0) is 22.5. The fourth-order valence-corrected chi connectivity index (χ4v) is 4.47. The summed E-state index contributed by atoms with van der Waals surface area (Å²) in [6.07, 6.45) is -4.53. The third kappa shape index (κ3) is 3.90. The van der Waals surface area contributed by atoms with Crippen molar-refractivity contribution in [1.82, 2.24) is 5.32 Å². The van der Waals surface area contributed by atoms with E-state index in [0.29, 0.717) is 15.7 Å². The number of hydrogen-bond acceptors (Lipinski definition) is 5. The van der Waals surface area contributed by atoms with E-state index in [0.717, 1.165) is 28.8 Å². The second kappa shape index (κ2) is 7.65. The summed E-state index contributed by atoms with van der Waals surface area (Å²) >= 11 is 4.14. The first-order valence-electron chi connectivity index (χ1n) is 8.70. The molecule has 0 aromatic heterocycles. The molecule has 1 N–H and O–H groups in total. The van der Waals surface area contributed by atoms with Crippen molar-refractivity contribution in [2.24, 2.45) is 4.99 Å². The van der Waals surface area contributed by atoms with Gasteiger partial charge in [0.2, 0.25) is 5.91 Å². The molecular weight excluding hydrogens is 499 g/mol. The second-order valence-corrected chi connectivity index (χ2v) is 8.46. The first-order chi connectivity index (χ1) is 14.6. The number of imide groups is 1. The predicted octanol–water partition coefficient (Wildman–Crippen LogP) is 4.62. The Hall–Kier alpha value is -2.92. The number of hydrogen-bond donors (Lipinski definition) is 1. The van der Waals surface area contributed by atoms with Crippen molar-refractivity contribution >= 4 is 67.5 Å². The van der Waals surface area contributed by atoms with Crippen molar-refractivity contribution in [2.75, 3.05) is 4.90 Å². The van der Waals surface area contributed by atoms with Crippen molar-refractivity contribution < 1.29 is 27.6 Å². The van der Waals surface area contributed by atoms with Crippen molar-refractivity contribution in [3.05, 3.63) is 63.0 Å². The molecule has 0 aliphatic carbocycles. The van der Waals surface area contributed by atoms with Crippen LogP contribution in [0.15, 0.2) is 56.8 Å². The Morgan fingerprint density at radius 3 is 2.58 bits per heavy atom. The van der Waals surface area contributed by atoms with Gasteiger partial charge in [-0.05, 0) is 48.2 Å². The van der Waals surface area contributed by atoms with E-state index < -0.39 is 29.5 Å². The Balaban J connectivity index is 1.76. The number of nitrogens with one attached hydrogen (secondary N) is 1. The average Bonchev–Trinajstić information content (AvgIpc) is 3.16. The summed E-state index contributed by atoms with van der Waals surface area (Å²) in [5, 5.41) is 2.49. The third-order valence-corrected chi connectivity index (χ3v) is 5.93. The van der Waals surface area contributed by atoms with Crippen molar-refractivity contribution in [2.45, 2.75) is 13.1 Å². The SMILES string of the molecule is CC(=O)N1C(=O)C(=C2SC(=Nc3cccc(C(F)(F)F)c3)NC2=O)c2cc(Br)ccc21. The summed E-state index contributed by atoms with van der Waals surface area (Å²) < 4.78 is 39.4. The van der Waals surface area contributed by atoms with Gasteiger partial charge in [-0.15, -0.1) is 0 Å². The second-order valence-electron chi connectivity index (χ2n) is 6.55. The fourth-order valence-electron chi connectivity index (χ4n) is 3.18. The average molecular weight is 510 g/mol. The number of amides is 3. The van der Waals surface area contributed by atoms with E-state index in [-0.39, 0.29) is 21.3 Å². The molecule has 0 spiro atoms. The molecule has 6 nitrogen and oxygen atoms in total. The normalized spacial score (nSPS) is 19.8. The Morgan fingerprint density at radius 2 is 1.90 bits per heavy atom. The Bertz CT molecular complexity index is 1220. The highest BCUT2D eigenvalue weighted by atomic mass is 79.9. The maximum atomic E-state index is 12.9. The number of carbonyl (C=O) groups excluding carboxylic acids is 3. The van der Waals surface area contributed by atoms with Gasteiger partial charge in [-0.3, -0.25) is 14.4 Å². The monoisotopic (exact) mass is 509 g/mol. The first-order valence-corrected chi connectivity index (χ1v) is 10.3. The number of aliphatic imine (C=N–C) groups is 1. The van der Waals surface area contributed by atoms with E-state index in [9.17, 15) is 27.6 Å². The van der Waals surface area contributed by atoms with Gasteiger partial charge in [-0.25, -0.2) is 9.89 Å². The molecule has 0 unspecified atom stereocenters. The maximum Gasteiger partial charge on any atom is 0.416 e. The lowest BCUT2D eigenvalue weighted by Crippen LogP contribution is -2.31. The highest BCUT2D eigenvalue weighted by Gasteiger charge is 2.41. The van der Waals surface area contributed by atoms with E-state index in [1.54, 1.807) is 18.2 Å². The molecule has 2 aliphatic heterocycles. The van der Waals surface area contributed by atoms with E-state index in [4.69, 9.17) is 0 Å². The zero-order valence-electron chi connectivity index (χ0n) is 15.6. The highest BCUT2D eigenvalue weighted by Crippen LogP contribution is 2.44. The summed E-state index contributed by atoms with van der Waals surface area (Å²) in [5.74, 6) is -1.79. The number of rotatable bonds is 1. The number of amidine groups is 1. The lowest BCUT2D eigenvalue weighted by molar-refractivity contribution is -0.137. The Labute approximate surface area is 186 Å². The zero-order valence-corrected chi connectivity index (χ0v) is 18.0. The molecule has 0 saturated carbocycles. The van der Waals surface area contributed by atoms with Crippen LogP contribution in [0.1, 0.15) is 18.1 Å². The van der Waals surface area contributed by atoms with Gasteiger partial charge in [0, 0.05) is 17.0 Å². The van der Waals surface area contributed by atoms with Crippen molar-refractivity contribution in [3.8, 4) is 0 Å². The summed E-state index contributed by atoms with van der Waals surface area (Å²) in [4.78, 5) is 42.6. The molecule has 0 atom stereocenters. The molecule has 0 radical (unpaired) electrons. The summed E-state index contributed by atoms with van der Waals surface area (Å²) in [6, 6.07) is 9.22. The molecule has 2 aliphatic rings. The number of nitrogens with zero attached hydrogens (tertiary/aromatic N) is 2. The Morgan fingerprint density at radius 1 is 1.16 bits per heavy atom. The largest absolute Gasteiger partial charge is 0.416 e.